The van der Waals surface area contributed by atoms with E-state index in [-0.39, 0.29) is 29.7 Å². The van der Waals surface area contributed by atoms with Gasteiger partial charge in [0.1, 0.15) is 11.8 Å². The summed E-state index contributed by atoms with van der Waals surface area (Å²) in [5.74, 6) is 0.346. The van der Waals surface area contributed by atoms with Crippen LogP contribution in [0.15, 0.2) is 77.7 Å². The lowest BCUT2D eigenvalue weighted by atomic mass is 10.1. The first-order chi connectivity index (χ1) is 19.1. The molecule has 0 heterocycles. The second kappa shape index (κ2) is 14.8. The monoisotopic (exact) mass is 585 g/mol. The summed E-state index contributed by atoms with van der Waals surface area (Å²) in [7, 11) is -1.93. The van der Waals surface area contributed by atoms with Gasteiger partial charge in [-0.25, -0.2) is 13.1 Å². The van der Waals surface area contributed by atoms with Crippen LogP contribution in [0.5, 0.6) is 5.75 Å². The first-order valence-electron chi connectivity index (χ1n) is 13.2. The summed E-state index contributed by atoms with van der Waals surface area (Å²) in [6.07, 6.45) is 1.22. The highest BCUT2D eigenvalue weighted by atomic mass is 35.5. The SMILES string of the molecule is CCNS(=O)(=O)c1ccc(CCC(=O)N(Cc2ccc(Cl)cc2)[C@@H](C)C(=O)NCCc2ccc(OC)cc2)cc1. The molecule has 40 heavy (non-hydrogen) atoms. The van der Waals surface area contributed by atoms with Crippen LogP contribution in [0, 0.1) is 0 Å². The number of benzene rings is 3. The van der Waals surface area contributed by atoms with E-state index in [0.717, 1.165) is 22.4 Å². The summed E-state index contributed by atoms with van der Waals surface area (Å²) in [5, 5.41) is 3.53. The highest BCUT2D eigenvalue weighted by Crippen LogP contribution is 2.17. The zero-order valence-electron chi connectivity index (χ0n) is 23.0. The van der Waals surface area contributed by atoms with Crippen molar-refractivity contribution in [3.63, 3.8) is 0 Å². The number of nitrogens with zero attached hydrogens (tertiary/aromatic N) is 1. The van der Waals surface area contributed by atoms with Gasteiger partial charge in [0.15, 0.2) is 0 Å². The van der Waals surface area contributed by atoms with Gasteiger partial charge in [-0.1, -0.05) is 54.9 Å². The first-order valence-corrected chi connectivity index (χ1v) is 15.0. The minimum Gasteiger partial charge on any atom is -0.497 e. The lowest BCUT2D eigenvalue weighted by Crippen LogP contribution is -2.48. The third-order valence-electron chi connectivity index (χ3n) is 6.50. The molecule has 0 aliphatic heterocycles. The van der Waals surface area contributed by atoms with Gasteiger partial charge >= 0.3 is 0 Å². The van der Waals surface area contributed by atoms with E-state index in [1.54, 1.807) is 50.1 Å². The number of hydrogen-bond donors (Lipinski definition) is 2. The third kappa shape index (κ3) is 9.08. The Balaban J connectivity index is 1.65. The largest absolute Gasteiger partial charge is 0.497 e. The van der Waals surface area contributed by atoms with Crippen molar-refractivity contribution in [1.82, 2.24) is 14.9 Å². The maximum absolute atomic E-state index is 13.4. The molecule has 3 aromatic carbocycles. The van der Waals surface area contributed by atoms with Crippen molar-refractivity contribution in [2.24, 2.45) is 0 Å². The smallest absolute Gasteiger partial charge is 0.242 e. The van der Waals surface area contributed by atoms with Crippen LogP contribution in [-0.2, 0) is 39.0 Å². The van der Waals surface area contributed by atoms with Crippen LogP contribution < -0.4 is 14.8 Å². The van der Waals surface area contributed by atoms with Crippen molar-refractivity contribution < 1.29 is 22.7 Å². The Morgan fingerprint density at radius 1 is 0.900 bits per heavy atom. The third-order valence-corrected chi connectivity index (χ3v) is 8.31. The number of hydrogen-bond acceptors (Lipinski definition) is 5. The number of aryl methyl sites for hydroxylation is 1. The molecule has 0 radical (unpaired) electrons. The Hall–Kier alpha value is -3.40. The Bertz CT molecular complexity index is 1360. The van der Waals surface area contributed by atoms with Crippen molar-refractivity contribution in [3.05, 3.63) is 94.5 Å². The standard InChI is InChI=1S/C30H36ClN3O5S/c1-4-33-40(37,38)28-16-9-23(10-17-28)11-18-29(35)34(21-25-5-12-26(31)13-6-25)22(2)30(36)32-20-19-24-7-14-27(39-3)15-8-24/h5-10,12-17,22,33H,4,11,18-21H2,1-3H3,(H,32,36)/t22-/m0/s1. The average molecular weight is 586 g/mol. The summed E-state index contributed by atoms with van der Waals surface area (Å²) in [4.78, 5) is 28.2. The molecule has 0 spiro atoms. The van der Waals surface area contributed by atoms with Crippen LogP contribution in [0.2, 0.25) is 5.02 Å². The predicted molar refractivity (Wildman–Crippen MR) is 157 cm³/mol. The number of methoxy groups -OCH3 is 1. The van der Waals surface area contributed by atoms with E-state index in [4.69, 9.17) is 16.3 Å². The molecule has 214 valence electrons. The first kappa shape index (κ1) is 31.1. The van der Waals surface area contributed by atoms with Crippen molar-refractivity contribution >= 4 is 33.4 Å². The molecule has 3 rings (SSSR count). The number of nitrogens with one attached hydrogen (secondary N) is 2. The lowest BCUT2D eigenvalue weighted by Gasteiger charge is -2.29. The number of amides is 2. The normalized spacial score (nSPS) is 12.0. The molecular weight excluding hydrogens is 550 g/mol. The summed E-state index contributed by atoms with van der Waals surface area (Å²) in [5.41, 5.74) is 2.74. The molecular formula is C30H36ClN3O5S. The van der Waals surface area contributed by atoms with Gasteiger partial charge in [-0.05, 0) is 72.9 Å². The lowest BCUT2D eigenvalue weighted by molar-refractivity contribution is -0.140. The predicted octanol–water partition coefficient (Wildman–Crippen LogP) is 4.36. The van der Waals surface area contributed by atoms with Crippen LogP contribution in [0.3, 0.4) is 0 Å². The van der Waals surface area contributed by atoms with E-state index in [1.807, 2.05) is 36.4 Å². The average Bonchev–Trinajstić information content (AvgIpc) is 2.95. The van der Waals surface area contributed by atoms with Crippen molar-refractivity contribution in [3.8, 4) is 5.75 Å². The molecule has 3 aromatic rings. The topological polar surface area (TPSA) is 105 Å². The maximum Gasteiger partial charge on any atom is 0.242 e. The molecule has 1 atom stereocenters. The number of sulfonamides is 1. The van der Waals surface area contributed by atoms with Crippen molar-refractivity contribution in [2.75, 3.05) is 20.2 Å². The number of rotatable bonds is 14. The number of halogens is 1. The Morgan fingerprint density at radius 2 is 1.48 bits per heavy atom. The van der Waals surface area contributed by atoms with Crippen LogP contribution >= 0.6 is 11.6 Å². The molecule has 10 heteroatoms. The fourth-order valence-corrected chi connectivity index (χ4v) is 5.31. The van der Waals surface area contributed by atoms with Crippen LogP contribution in [0.1, 0.15) is 37.0 Å². The molecule has 2 amide bonds. The van der Waals surface area contributed by atoms with Gasteiger partial charge in [-0.15, -0.1) is 0 Å². The molecule has 0 saturated heterocycles. The van der Waals surface area contributed by atoms with E-state index >= 15 is 0 Å². The van der Waals surface area contributed by atoms with E-state index in [9.17, 15) is 18.0 Å². The van der Waals surface area contributed by atoms with E-state index in [2.05, 4.69) is 10.0 Å². The molecule has 0 aliphatic carbocycles. The van der Waals surface area contributed by atoms with E-state index in [1.165, 1.54) is 12.1 Å². The Labute approximate surface area is 241 Å². The van der Waals surface area contributed by atoms with Gasteiger partial charge in [-0.2, -0.15) is 0 Å². The van der Waals surface area contributed by atoms with Crippen molar-refractivity contribution in [1.29, 1.82) is 0 Å². The molecule has 2 N–H and O–H groups in total. The van der Waals surface area contributed by atoms with Gasteiger partial charge in [0, 0.05) is 31.1 Å². The van der Waals surface area contributed by atoms with Gasteiger partial charge < -0.3 is 15.0 Å². The second-order valence-corrected chi connectivity index (χ2v) is 11.6. The maximum atomic E-state index is 13.4. The summed E-state index contributed by atoms with van der Waals surface area (Å²) in [6, 6.07) is 20.6. The van der Waals surface area contributed by atoms with E-state index < -0.39 is 16.1 Å². The fraction of sp³-hybridized carbons (Fsp3) is 0.333. The van der Waals surface area contributed by atoms with Crippen LogP contribution in [-0.4, -0.2) is 51.4 Å². The van der Waals surface area contributed by atoms with Gasteiger partial charge in [0.2, 0.25) is 21.8 Å². The number of ether oxygens (including phenoxy) is 1. The van der Waals surface area contributed by atoms with Crippen molar-refractivity contribution in [2.45, 2.75) is 50.6 Å². The highest BCUT2D eigenvalue weighted by Gasteiger charge is 2.26. The Morgan fingerprint density at radius 3 is 2.08 bits per heavy atom. The molecule has 0 bridgehead atoms. The minimum atomic E-state index is -3.54. The van der Waals surface area contributed by atoms with Crippen LogP contribution in [0.25, 0.3) is 0 Å². The molecule has 0 aromatic heterocycles. The Kier molecular flexibility index (Phi) is 11.5. The van der Waals surface area contributed by atoms with E-state index in [0.29, 0.717) is 31.0 Å². The zero-order valence-corrected chi connectivity index (χ0v) is 24.6. The van der Waals surface area contributed by atoms with Gasteiger partial charge in [-0.3, -0.25) is 9.59 Å². The zero-order chi connectivity index (χ0) is 29.1. The highest BCUT2D eigenvalue weighted by molar-refractivity contribution is 7.89. The summed E-state index contributed by atoms with van der Waals surface area (Å²) >= 11 is 6.03. The summed E-state index contributed by atoms with van der Waals surface area (Å²) in [6.45, 7) is 4.42. The quantitative estimate of drug-likeness (QED) is 0.293. The van der Waals surface area contributed by atoms with Gasteiger partial charge in [0.25, 0.3) is 0 Å². The molecule has 0 aliphatic rings. The number of carbonyl (C=O) groups excluding carboxylic acids is 2. The van der Waals surface area contributed by atoms with Crippen LogP contribution in [0.4, 0.5) is 0 Å². The molecule has 0 fully saturated rings. The molecule has 0 saturated carbocycles. The molecule has 8 nitrogen and oxygen atoms in total. The summed E-state index contributed by atoms with van der Waals surface area (Å²) < 4.78 is 32.0. The number of carbonyl (C=O) groups is 2. The second-order valence-electron chi connectivity index (χ2n) is 9.36. The fourth-order valence-electron chi connectivity index (χ4n) is 4.14. The molecule has 0 unspecified atom stereocenters. The van der Waals surface area contributed by atoms with Gasteiger partial charge in [0.05, 0.1) is 12.0 Å². The minimum absolute atomic E-state index is 0.163.